The van der Waals surface area contributed by atoms with Gasteiger partial charge in [0.15, 0.2) is 0 Å². The number of ether oxygens (including phenoxy) is 2. The van der Waals surface area contributed by atoms with Crippen molar-refractivity contribution >= 4 is 5.97 Å². The first-order valence-electron chi connectivity index (χ1n) is 11.5. The van der Waals surface area contributed by atoms with E-state index in [-0.39, 0.29) is 18.4 Å². The van der Waals surface area contributed by atoms with Crippen LogP contribution in [0.1, 0.15) is 63.8 Å². The molecule has 0 amide bonds. The Kier molecular flexibility index (Phi) is 5.35. The Balaban J connectivity index is 1.46. The van der Waals surface area contributed by atoms with Crippen molar-refractivity contribution in [2.45, 2.75) is 59.0 Å². The summed E-state index contributed by atoms with van der Waals surface area (Å²) in [4.78, 5) is 15.7. The van der Waals surface area contributed by atoms with Crippen molar-refractivity contribution in [3.8, 4) is 22.8 Å². The molecular weight excluding hydrogens is 414 g/mol. The first-order chi connectivity index (χ1) is 15.8. The molecular formula is C28H29NO4. The zero-order chi connectivity index (χ0) is 23.3. The van der Waals surface area contributed by atoms with Crippen LogP contribution in [0.4, 0.5) is 0 Å². The number of carbonyl (C=O) groups is 1. The summed E-state index contributed by atoms with van der Waals surface area (Å²) in [6.07, 6.45) is 3.57. The third-order valence-electron chi connectivity index (χ3n) is 6.95. The van der Waals surface area contributed by atoms with Gasteiger partial charge in [-0.05, 0) is 73.9 Å². The van der Waals surface area contributed by atoms with Crippen molar-refractivity contribution in [3.05, 3.63) is 75.5 Å². The molecule has 2 atom stereocenters. The highest BCUT2D eigenvalue weighted by atomic mass is 16.5. The fraction of sp³-hybridized carbons (Fsp3) is 0.357. The highest BCUT2D eigenvalue weighted by molar-refractivity contribution is 5.76. The zero-order valence-corrected chi connectivity index (χ0v) is 19.6. The van der Waals surface area contributed by atoms with E-state index < -0.39 is 5.97 Å². The molecule has 3 aromatic rings. The minimum Gasteiger partial charge on any atom is -0.492 e. The second-order valence-corrected chi connectivity index (χ2v) is 9.37. The maximum atomic E-state index is 11.2. The van der Waals surface area contributed by atoms with Crippen molar-refractivity contribution in [3.63, 3.8) is 0 Å². The smallest absolute Gasteiger partial charge is 0.304 e. The van der Waals surface area contributed by atoms with E-state index in [1.807, 2.05) is 6.92 Å². The number of nitrogens with zero attached hydrogens (tertiary/aromatic N) is 1. The second kappa shape index (κ2) is 8.22. The fourth-order valence-electron chi connectivity index (χ4n) is 5.56. The largest absolute Gasteiger partial charge is 0.492 e. The molecule has 170 valence electrons. The molecule has 0 fully saturated rings. The number of benzene rings is 2. The van der Waals surface area contributed by atoms with Crippen molar-refractivity contribution < 1.29 is 19.4 Å². The summed E-state index contributed by atoms with van der Waals surface area (Å²) < 4.78 is 12.3. The zero-order valence-electron chi connectivity index (χ0n) is 19.6. The summed E-state index contributed by atoms with van der Waals surface area (Å²) in [5, 5.41) is 9.16. The monoisotopic (exact) mass is 443 g/mol. The van der Waals surface area contributed by atoms with Gasteiger partial charge in [-0.15, -0.1) is 0 Å². The molecule has 1 N–H and O–H groups in total. The number of carboxylic acid groups (broad SMARTS) is 1. The number of fused-ring (bicyclic) bond motifs is 2. The van der Waals surface area contributed by atoms with Gasteiger partial charge in [-0.2, -0.15) is 0 Å². The van der Waals surface area contributed by atoms with Crippen LogP contribution in [0, 0.1) is 27.7 Å². The molecule has 1 aliphatic heterocycles. The minimum absolute atomic E-state index is 0.0466. The number of pyridine rings is 1. The molecule has 5 nitrogen and oxygen atoms in total. The Morgan fingerprint density at radius 2 is 1.91 bits per heavy atom. The SMILES string of the molecule is Cc1cc(C)c(-c2cccc3c2CCC3Oc2ncc3c(c2C)OC[C@H]3CC(=O)O)c(C)c1. The third-order valence-corrected chi connectivity index (χ3v) is 6.95. The predicted molar refractivity (Wildman–Crippen MR) is 127 cm³/mol. The Labute approximate surface area is 194 Å². The van der Waals surface area contributed by atoms with Gasteiger partial charge in [0.1, 0.15) is 11.9 Å². The molecule has 33 heavy (non-hydrogen) atoms. The Morgan fingerprint density at radius 1 is 1.15 bits per heavy atom. The number of hydrogen-bond donors (Lipinski definition) is 1. The lowest BCUT2D eigenvalue weighted by atomic mass is 9.89. The van der Waals surface area contributed by atoms with Crippen LogP contribution in [0.2, 0.25) is 0 Å². The lowest BCUT2D eigenvalue weighted by Crippen LogP contribution is -2.08. The number of aliphatic carboxylic acids is 1. The van der Waals surface area contributed by atoms with E-state index in [0.29, 0.717) is 12.5 Å². The molecule has 2 aliphatic rings. The Bertz CT molecular complexity index is 1240. The molecule has 0 saturated carbocycles. The molecule has 2 aromatic carbocycles. The number of rotatable bonds is 5. The third kappa shape index (κ3) is 3.75. The summed E-state index contributed by atoms with van der Waals surface area (Å²) in [5.74, 6) is 0.306. The van der Waals surface area contributed by atoms with Crippen LogP contribution in [-0.4, -0.2) is 22.7 Å². The first kappa shape index (κ1) is 21.5. The average molecular weight is 444 g/mol. The molecule has 0 bridgehead atoms. The molecule has 0 radical (unpaired) electrons. The maximum absolute atomic E-state index is 11.2. The second-order valence-electron chi connectivity index (χ2n) is 9.37. The Morgan fingerprint density at radius 3 is 2.64 bits per heavy atom. The van der Waals surface area contributed by atoms with Crippen molar-refractivity contribution in [2.75, 3.05) is 6.61 Å². The summed E-state index contributed by atoms with van der Waals surface area (Å²) in [5.41, 5.74) is 10.8. The number of aryl methyl sites for hydroxylation is 3. The molecule has 5 rings (SSSR count). The minimum atomic E-state index is -0.827. The van der Waals surface area contributed by atoms with E-state index in [1.54, 1.807) is 6.20 Å². The van der Waals surface area contributed by atoms with Crippen LogP contribution < -0.4 is 9.47 Å². The van der Waals surface area contributed by atoms with Crippen molar-refractivity contribution in [2.24, 2.45) is 0 Å². The average Bonchev–Trinajstić information content (AvgIpc) is 3.34. The molecule has 2 heterocycles. The van der Waals surface area contributed by atoms with Crippen LogP contribution >= 0.6 is 0 Å². The van der Waals surface area contributed by atoms with E-state index in [4.69, 9.17) is 14.6 Å². The predicted octanol–water partition coefficient (Wildman–Crippen LogP) is 6.00. The lowest BCUT2D eigenvalue weighted by molar-refractivity contribution is -0.137. The normalized spacial score (nSPS) is 18.5. The van der Waals surface area contributed by atoms with Crippen molar-refractivity contribution in [1.29, 1.82) is 0 Å². The van der Waals surface area contributed by atoms with Gasteiger partial charge in [0.2, 0.25) is 5.88 Å². The molecule has 1 aromatic heterocycles. The van der Waals surface area contributed by atoms with Crippen LogP contribution in [0.25, 0.3) is 11.1 Å². The standard InChI is InChI=1S/C28H29NO4/c1-15-10-16(2)26(17(3)11-15)22-7-5-6-21-20(22)8-9-24(21)33-28-18(4)27-23(13-29-28)19(14-32-27)12-25(30)31/h5-7,10-11,13,19,24H,8-9,12,14H2,1-4H3,(H,30,31)/t19-,24?/m1/s1. The van der Waals surface area contributed by atoms with E-state index in [0.717, 1.165) is 29.7 Å². The highest BCUT2D eigenvalue weighted by Gasteiger charge is 2.32. The van der Waals surface area contributed by atoms with Gasteiger partial charge in [-0.1, -0.05) is 35.9 Å². The topological polar surface area (TPSA) is 68.7 Å². The fourth-order valence-corrected chi connectivity index (χ4v) is 5.56. The molecule has 0 spiro atoms. The quantitative estimate of drug-likeness (QED) is 0.524. The lowest BCUT2D eigenvalue weighted by Gasteiger charge is -2.19. The van der Waals surface area contributed by atoms with Gasteiger partial charge in [0.05, 0.1) is 18.6 Å². The van der Waals surface area contributed by atoms with Crippen LogP contribution in [0.3, 0.4) is 0 Å². The molecule has 5 heteroatoms. The highest BCUT2D eigenvalue weighted by Crippen LogP contribution is 2.45. The maximum Gasteiger partial charge on any atom is 0.304 e. The van der Waals surface area contributed by atoms with Gasteiger partial charge >= 0.3 is 5.97 Å². The molecule has 1 unspecified atom stereocenters. The number of hydrogen-bond acceptors (Lipinski definition) is 4. The molecule has 1 aliphatic carbocycles. The van der Waals surface area contributed by atoms with Gasteiger partial charge in [0.25, 0.3) is 0 Å². The van der Waals surface area contributed by atoms with Crippen LogP contribution in [0.5, 0.6) is 11.6 Å². The number of carboxylic acids is 1. The van der Waals surface area contributed by atoms with Gasteiger partial charge < -0.3 is 14.6 Å². The van der Waals surface area contributed by atoms with Gasteiger partial charge in [-0.3, -0.25) is 4.79 Å². The first-order valence-corrected chi connectivity index (χ1v) is 11.5. The molecule has 0 saturated heterocycles. The summed E-state index contributed by atoms with van der Waals surface area (Å²) in [7, 11) is 0. The van der Waals surface area contributed by atoms with Gasteiger partial charge in [0, 0.05) is 17.7 Å². The van der Waals surface area contributed by atoms with E-state index in [2.05, 4.69) is 56.1 Å². The van der Waals surface area contributed by atoms with Crippen LogP contribution in [-0.2, 0) is 11.2 Å². The van der Waals surface area contributed by atoms with E-state index in [1.165, 1.54) is 38.9 Å². The Hall–Kier alpha value is -3.34. The summed E-state index contributed by atoms with van der Waals surface area (Å²) in [6.45, 7) is 8.83. The van der Waals surface area contributed by atoms with Crippen molar-refractivity contribution in [1.82, 2.24) is 4.98 Å². The van der Waals surface area contributed by atoms with Crippen LogP contribution in [0.15, 0.2) is 36.5 Å². The van der Waals surface area contributed by atoms with E-state index in [9.17, 15) is 4.79 Å². The summed E-state index contributed by atoms with van der Waals surface area (Å²) >= 11 is 0. The van der Waals surface area contributed by atoms with E-state index >= 15 is 0 Å². The summed E-state index contributed by atoms with van der Waals surface area (Å²) in [6, 6.07) is 11.0. The number of aromatic nitrogens is 1. The van der Waals surface area contributed by atoms with Gasteiger partial charge in [-0.25, -0.2) is 4.98 Å².